The topological polar surface area (TPSA) is 88.3 Å². The molecular weight excluding hydrogens is 416 g/mol. The summed E-state index contributed by atoms with van der Waals surface area (Å²) in [4.78, 5) is 2.43. The SMILES string of the molecule is Cn1cc(-c2ccc(-c3cc4c(nn3)N([C@@H]3CC5CCC[C@@H](C3)N5)CCCO4)c(O)c2)cn1. The van der Waals surface area contributed by atoms with Gasteiger partial charge < -0.3 is 20.1 Å². The van der Waals surface area contributed by atoms with Crippen molar-refractivity contribution in [3.63, 3.8) is 0 Å². The maximum Gasteiger partial charge on any atom is 0.194 e. The third-order valence-corrected chi connectivity index (χ3v) is 7.26. The zero-order valence-corrected chi connectivity index (χ0v) is 18.9. The number of nitrogens with one attached hydrogen (secondary N) is 1. The number of anilines is 1. The summed E-state index contributed by atoms with van der Waals surface area (Å²) in [7, 11) is 1.88. The lowest BCUT2D eigenvalue weighted by atomic mass is 9.83. The summed E-state index contributed by atoms with van der Waals surface area (Å²) in [5.41, 5.74) is 3.13. The predicted octanol–water partition coefficient (Wildman–Crippen LogP) is 3.51. The summed E-state index contributed by atoms with van der Waals surface area (Å²) in [5.74, 6) is 1.77. The molecule has 8 nitrogen and oxygen atoms in total. The zero-order chi connectivity index (χ0) is 22.4. The van der Waals surface area contributed by atoms with Crippen LogP contribution in [0.2, 0.25) is 0 Å². The third-order valence-electron chi connectivity index (χ3n) is 7.26. The van der Waals surface area contributed by atoms with Crippen LogP contribution in [0.15, 0.2) is 36.7 Å². The van der Waals surface area contributed by atoms with Gasteiger partial charge in [-0.2, -0.15) is 5.10 Å². The molecule has 3 atom stereocenters. The van der Waals surface area contributed by atoms with Crippen molar-refractivity contribution >= 4 is 5.82 Å². The van der Waals surface area contributed by atoms with Crippen LogP contribution >= 0.6 is 0 Å². The average molecular weight is 447 g/mol. The van der Waals surface area contributed by atoms with Gasteiger partial charge in [0.1, 0.15) is 11.4 Å². The van der Waals surface area contributed by atoms with Gasteiger partial charge in [-0.15, -0.1) is 10.2 Å². The molecule has 2 fully saturated rings. The van der Waals surface area contributed by atoms with Crippen molar-refractivity contribution in [2.45, 2.75) is 56.7 Å². The number of phenolic OH excluding ortho intramolecular Hbond substituents is 1. The quantitative estimate of drug-likeness (QED) is 0.636. The van der Waals surface area contributed by atoms with Crippen LogP contribution < -0.4 is 15.0 Å². The highest BCUT2D eigenvalue weighted by Gasteiger charge is 2.36. The lowest BCUT2D eigenvalue weighted by Gasteiger charge is -2.44. The summed E-state index contributed by atoms with van der Waals surface area (Å²) in [5, 5.41) is 27.9. The fraction of sp³-hybridized carbons (Fsp3) is 0.480. The molecule has 3 aliphatic rings. The second-order valence-corrected chi connectivity index (χ2v) is 9.56. The van der Waals surface area contributed by atoms with Gasteiger partial charge in [-0.25, -0.2) is 0 Å². The first-order valence-electron chi connectivity index (χ1n) is 12.0. The number of hydrogen-bond acceptors (Lipinski definition) is 7. The van der Waals surface area contributed by atoms with Gasteiger partial charge >= 0.3 is 0 Å². The van der Waals surface area contributed by atoms with E-state index in [1.54, 1.807) is 16.9 Å². The van der Waals surface area contributed by atoms with Crippen molar-refractivity contribution < 1.29 is 9.84 Å². The van der Waals surface area contributed by atoms with E-state index in [0.29, 0.717) is 36.0 Å². The van der Waals surface area contributed by atoms with Crippen LogP contribution in [0.5, 0.6) is 11.5 Å². The molecule has 8 heteroatoms. The number of fused-ring (bicyclic) bond motifs is 3. The Kier molecular flexibility index (Phi) is 5.17. The number of nitrogens with zero attached hydrogens (tertiary/aromatic N) is 5. The second-order valence-electron chi connectivity index (χ2n) is 9.56. The Hall–Kier alpha value is -3.13. The lowest BCUT2D eigenvalue weighted by Crippen LogP contribution is -2.55. The van der Waals surface area contributed by atoms with Gasteiger partial charge in [-0.05, 0) is 49.8 Å². The molecule has 2 saturated heterocycles. The molecule has 0 aliphatic carbocycles. The molecule has 3 aliphatic heterocycles. The van der Waals surface area contributed by atoms with Crippen LogP contribution in [0.25, 0.3) is 22.4 Å². The van der Waals surface area contributed by atoms with Gasteiger partial charge in [0.2, 0.25) is 0 Å². The molecule has 0 amide bonds. The lowest BCUT2D eigenvalue weighted by molar-refractivity contribution is 0.216. The number of hydrogen-bond donors (Lipinski definition) is 2. The molecule has 2 aromatic heterocycles. The summed E-state index contributed by atoms with van der Waals surface area (Å²) in [6, 6.07) is 9.23. The molecule has 5 heterocycles. The fourth-order valence-electron chi connectivity index (χ4n) is 5.67. The number of benzene rings is 1. The molecule has 3 aromatic rings. The van der Waals surface area contributed by atoms with E-state index >= 15 is 0 Å². The maximum atomic E-state index is 10.8. The summed E-state index contributed by atoms with van der Waals surface area (Å²) < 4.78 is 7.86. The number of aromatic nitrogens is 4. The second kappa shape index (κ2) is 8.33. The molecule has 2 N–H and O–H groups in total. The van der Waals surface area contributed by atoms with Crippen molar-refractivity contribution in [3.8, 4) is 33.9 Å². The van der Waals surface area contributed by atoms with E-state index < -0.39 is 0 Å². The van der Waals surface area contributed by atoms with E-state index in [-0.39, 0.29) is 5.75 Å². The number of phenols is 1. The van der Waals surface area contributed by atoms with E-state index in [9.17, 15) is 5.11 Å². The Balaban J connectivity index is 1.30. The Morgan fingerprint density at radius 2 is 1.91 bits per heavy atom. The monoisotopic (exact) mass is 446 g/mol. The van der Waals surface area contributed by atoms with E-state index in [4.69, 9.17) is 4.74 Å². The van der Waals surface area contributed by atoms with Gasteiger partial charge in [0.05, 0.1) is 12.8 Å². The summed E-state index contributed by atoms with van der Waals surface area (Å²) >= 11 is 0. The first kappa shape index (κ1) is 20.5. The van der Waals surface area contributed by atoms with E-state index in [0.717, 1.165) is 48.5 Å². The van der Waals surface area contributed by atoms with Crippen molar-refractivity contribution in [2.75, 3.05) is 18.1 Å². The van der Waals surface area contributed by atoms with Crippen LogP contribution in [-0.2, 0) is 7.05 Å². The van der Waals surface area contributed by atoms with Crippen molar-refractivity contribution in [3.05, 3.63) is 36.7 Å². The number of piperidine rings is 2. The van der Waals surface area contributed by atoms with Crippen molar-refractivity contribution in [1.82, 2.24) is 25.3 Å². The first-order valence-corrected chi connectivity index (χ1v) is 12.0. The van der Waals surface area contributed by atoms with Crippen LogP contribution in [0.1, 0.15) is 38.5 Å². The number of aryl methyl sites for hydroxylation is 1. The normalized spacial score (nSPS) is 24.6. The molecule has 1 unspecified atom stereocenters. The minimum Gasteiger partial charge on any atom is -0.507 e. The summed E-state index contributed by atoms with van der Waals surface area (Å²) in [6.45, 7) is 1.61. The van der Waals surface area contributed by atoms with Gasteiger partial charge in [-0.3, -0.25) is 4.68 Å². The van der Waals surface area contributed by atoms with Crippen LogP contribution in [0, 0.1) is 0 Å². The third kappa shape index (κ3) is 3.93. The molecule has 1 aromatic carbocycles. The first-order chi connectivity index (χ1) is 16.1. The van der Waals surface area contributed by atoms with Gasteiger partial charge in [-0.1, -0.05) is 12.5 Å². The van der Waals surface area contributed by atoms with E-state index in [1.807, 2.05) is 31.4 Å². The van der Waals surface area contributed by atoms with Crippen LogP contribution in [0.4, 0.5) is 5.82 Å². The molecular formula is C25H30N6O2. The molecule has 0 saturated carbocycles. The number of aromatic hydroxyl groups is 1. The smallest absolute Gasteiger partial charge is 0.194 e. The van der Waals surface area contributed by atoms with E-state index in [1.165, 1.54) is 19.3 Å². The predicted molar refractivity (Wildman–Crippen MR) is 126 cm³/mol. The molecule has 0 radical (unpaired) electrons. The summed E-state index contributed by atoms with van der Waals surface area (Å²) in [6.07, 6.45) is 10.8. The molecule has 172 valence electrons. The standard InChI is InChI=1S/C25H30N6O2/c1-30-15-17(14-26-30)16-6-7-21(23(32)10-16)22-13-24-25(29-28-22)31(8-3-9-33-24)20-11-18-4-2-5-19(12-20)27-18/h6-7,10,13-15,18-20,27,32H,2-5,8-9,11-12H2,1H3/t18-,19?,20-/m0/s1. The number of ether oxygens (including phenoxy) is 1. The highest BCUT2D eigenvalue weighted by Crippen LogP contribution is 2.39. The fourth-order valence-corrected chi connectivity index (χ4v) is 5.67. The van der Waals surface area contributed by atoms with Crippen molar-refractivity contribution in [2.24, 2.45) is 7.05 Å². The minimum absolute atomic E-state index is 0.169. The van der Waals surface area contributed by atoms with Crippen molar-refractivity contribution in [1.29, 1.82) is 0 Å². The Labute approximate surface area is 193 Å². The molecule has 6 rings (SSSR count). The van der Waals surface area contributed by atoms with Gasteiger partial charge in [0, 0.05) is 55.1 Å². The highest BCUT2D eigenvalue weighted by molar-refractivity contribution is 5.75. The Morgan fingerprint density at radius 3 is 2.67 bits per heavy atom. The highest BCUT2D eigenvalue weighted by atomic mass is 16.5. The van der Waals surface area contributed by atoms with Crippen LogP contribution in [0.3, 0.4) is 0 Å². The molecule has 33 heavy (non-hydrogen) atoms. The average Bonchev–Trinajstić information content (AvgIpc) is 3.14. The van der Waals surface area contributed by atoms with Crippen LogP contribution in [-0.4, -0.2) is 56.4 Å². The Bertz CT molecular complexity index is 1150. The van der Waals surface area contributed by atoms with Gasteiger partial charge in [0.25, 0.3) is 0 Å². The largest absolute Gasteiger partial charge is 0.507 e. The zero-order valence-electron chi connectivity index (χ0n) is 18.9. The Morgan fingerprint density at radius 1 is 1.06 bits per heavy atom. The molecule has 2 bridgehead atoms. The number of rotatable bonds is 3. The molecule has 0 spiro atoms. The van der Waals surface area contributed by atoms with Gasteiger partial charge in [0.15, 0.2) is 11.6 Å². The minimum atomic E-state index is 0.169. The maximum absolute atomic E-state index is 10.8. The van der Waals surface area contributed by atoms with E-state index in [2.05, 4.69) is 25.5 Å².